The van der Waals surface area contributed by atoms with E-state index < -0.39 is 0 Å². The maximum atomic E-state index is 11.6. The molecule has 2 N–H and O–H groups in total. The summed E-state index contributed by atoms with van der Waals surface area (Å²) in [6.07, 6.45) is 0.898. The summed E-state index contributed by atoms with van der Waals surface area (Å²) in [5.74, 6) is 0.897. The fraction of sp³-hybridized carbons (Fsp3) is 0.467. The summed E-state index contributed by atoms with van der Waals surface area (Å²) in [5.41, 5.74) is 0.986. The predicted octanol–water partition coefficient (Wildman–Crippen LogP) is 0.989. The number of amides is 2. The van der Waals surface area contributed by atoms with Crippen LogP contribution in [0.3, 0.4) is 0 Å². The molecule has 21 heavy (non-hydrogen) atoms. The first-order chi connectivity index (χ1) is 10.1. The molecular formula is C15H20N2O4. The lowest BCUT2D eigenvalue weighted by atomic mass is 10.1. The van der Waals surface area contributed by atoms with E-state index in [-0.39, 0.29) is 17.9 Å². The average Bonchev–Trinajstić information content (AvgIpc) is 2.47. The molecule has 1 heterocycles. The van der Waals surface area contributed by atoms with Crippen molar-refractivity contribution in [2.45, 2.75) is 32.4 Å². The van der Waals surface area contributed by atoms with Gasteiger partial charge in [0.25, 0.3) is 0 Å². The van der Waals surface area contributed by atoms with Crippen LogP contribution in [0.1, 0.15) is 25.3 Å². The SMILES string of the molecule is CCOc1ccc(CNC2CCC(=O)NC2=O)cc1OC. The maximum absolute atomic E-state index is 11.6. The molecular weight excluding hydrogens is 272 g/mol. The Labute approximate surface area is 123 Å². The first kappa shape index (κ1) is 15.3. The lowest BCUT2D eigenvalue weighted by Gasteiger charge is -2.22. The van der Waals surface area contributed by atoms with Crippen LogP contribution in [0.25, 0.3) is 0 Å². The molecule has 0 aliphatic carbocycles. The molecule has 1 saturated heterocycles. The largest absolute Gasteiger partial charge is 0.493 e. The zero-order chi connectivity index (χ0) is 15.2. The van der Waals surface area contributed by atoms with E-state index >= 15 is 0 Å². The molecule has 6 nitrogen and oxygen atoms in total. The van der Waals surface area contributed by atoms with Crippen molar-refractivity contribution in [3.8, 4) is 11.5 Å². The predicted molar refractivity (Wildman–Crippen MR) is 77.2 cm³/mol. The first-order valence-electron chi connectivity index (χ1n) is 7.00. The summed E-state index contributed by atoms with van der Waals surface area (Å²) in [6, 6.07) is 5.32. The number of piperidine rings is 1. The van der Waals surface area contributed by atoms with Gasteiger partial charge in [0.1, 0.15) is 0 Å². The molecule has 0 bridgehead atoms. The number of carbonyl (C=O) groups excluding carboxylic acids is 2. The van der Waals surface area contributed by atoms with Gasteiger partial charge < -0.3 is 14.8 Å². The van der Waals surface area contributed by atoms with Crippen molar-refractivity contribution < 1.29 is 19.1 Å². The summed E-state index contributed by atoms with van der Waals surface area (Å²) in [7, 11) is 1.59. The van der Waals surface area contributed by atoms with Gasteiger partial charge in [-0.15, -0.1) is 0 Å². The monoisotopic (exact) mass is 292 g/mol. The van der Waals surface area contributed by atoms with E-state index in [9.17, 15) is 9.59 Å². The second-order valence-corrected chi connectivity index (χ2v) is 4.80. The van der Waals surface area contributed by atoms with Crippen molar-refractivity contribution in [1.29, 1.82) is 0 Å². The number of hydrogen-bond acceptors (Lipinski definition) is 5. The summed E-state index contributed by atoms with van der Waals surface area (Å²) < 4.78 is 10.7. The van der Waals surface area contributed by atoms with Crippen LogP contribution in [0.5, 0.6) is 11.5 Å². The van der Waals surface area contributed by atoms with Gasteiger partial charge in [-0.2, -0.15) is 0 Å². The van der Waals surface area contributed by atoms with E-state index in [0.717, 1.165) is 5.56 Å². The van der Waals surface area contributed by atoms with Crippen LogP contribution < -0.4 is 20.1 Å². The molecule has 1 atom stereocenters. The van der Waals surface area contributed by atoms with Crippen molar-refractivity contribution in [3.63, 3.8) is 0 Å². The summed E-state index contributed by atoms with van der Waals surface area (Å²) >= 11 is 0. The third-order valence-electron chi connectivity index (χ3n) is 3.32. The number of hydrogen-bond donors (Lipinski definition) is 2. The summed E-state index contributed by atoms with van der Waals surface area (Å²) in [5, 5.41) is 5.48. The number of nitrogens with one attached hydrogen (secondary N) is 2. The van der Waals surface area contributed by atoms with E-state index in [1.54, 1.807) is 7.11 Å². The Morgan fingerprint density at radius 1 is 1.33 bits per heavy atom. The fourth-order valence-corrected chi connectivity index (χ4v) is 2.23. The van der Waals surface area contributed by atoms with Crippen molar-refractivity contribution >= 4 is 11.8 Å². The molecule has 1 aliphatic rings. The highest BCUT2D eigenvalue weighted by atomic mass is 16.5. The number of carbonyl (C=O) groups is 2. The Hall–Kier alpha value is -2.08. The second kappa shape index (κ2) is 7.08. The van der Waals surface area contributed by atoms with Gasteiger partial charge in [-0.25, -0.2) is 0 Å². The average molecular weight is 292 g/mol. The maximum Gasteiger partial charge on any atom is 0.243 e. The van der Waals surface area contributed by atoms with E-state index in [0.29, 0.717) is 37.5 Å². The van der Waals surface area contributed by atoms with E-state index in [1.807, 2.05) is 25.1 Å². The minimum absolute atomic E-state index is 0.208. The van der Waals surface area contributed by atoms with Crippen LogP contribution in [0.2, 0.25) is 0 Å². The lowest BCUT2D eigenvalue weighted by molar-refractivity contribution is -0.134. The molecule has 1 aromatic carbocycles. The van der Waals surface area contributed by atoms with Gasteiger partial charge in [-0.3, -0.25) is 14.9 Å². The second-order valence-electron chi connectivity index (χ2n) is 4.80. The minimum atomic E-state index is -0.333. The van der Waals surface area contributed by atoms with Gasteiger partial charge in [-0.1, -0.05) is 6.07 Å². The number of benzene rings is 1. The zero-order valence-corrected chi connectivity index (χ0v) is 12.3. The molecule has 1 aromatic rings. The fourth-order valence-electron chi connectivity index (χ4n) is 2.23. The third kappa shape index (κ3) is 3.95. The highest BCUT2D eigenvalue weighted by Crippen LogP contribution is 2.28. The molecule has 0 spiro atoms. The van der Waals surface area contributed by atoms with Crippen molar-refractivity contribution in [2.24, 2.45) is 0 Å². The van der Waals surface area contributed by atoms with E-state index in [4.69, 9.17) is 9.47 Å². The van der Waals surface area contributed by atoms with Crippen LogP contribution in [-0.4, -0.2) is 31.6 Å². The third-order valence-corrected chi connectivity index (χ3v) is 3.32. The number of rotatable bonds is 6. The normalized spacial score (nSPS) is 18.3. The van der Waals surface area contributed by atoms with Crippen LogP contribution in [0.4, 0.5) is 0 Å². The van der Waals surface area contributed by atoms with Crippen LogP contribution in [-0.2, 0) is 16.1 Å². The Balaban J connectivity index is 1.97. The van der Waals surface area contributed by atoms with Crippen molar-refractivity contribution in [2.75, 3.05) is 13.7 Å². The van der Waals surface area contributed by atoms with Gasteiger partial charge in [0.2, 0.25) is 11.8 Å². The van der Waals surface area contributed by atoms with Crippen molar-refractivity contribution in [3.05, 3.63) is 23.8 Å². The molecule has 2 amide bonds. The number of ether oxygens (including phenoxy) is 2. The first-order valence-corrected chi connectivity index (χ1v) is 7.00. The van der Waals surface area contributed by atoms with Gasteiger partial charge in [-0.05, 0) is 31.0 Å². The van der Waals surface area contributed by atoms with Crippen LogP contribution >= 0.6 is 0 Å². The molecule has 1 unspecified atom stereocenters. The Morgan fingerprint density at radius 3 is 2.81 bits per heavy atom. The summed E-state index contributed by atoms with van der Waals surface area (Å²) in [4.78, 5) is 22.7. The molecule has 6 heteroatoms. The molecule has 0 aromatic heterocycles. The molecule has 1 fully saturated rings. The smallest absolute Gasteiger partial charge is 0.243 e. The topological polar surface area (TPSA) is 76.7 Å². The Morgan fingerprint density at radius 2 is 2.14 bits per heavy atom. The molecule has 1 aliphatic heterocycles. The van der Waals surface area contributed by atoms with E-state index in [2.05, 4.69) is 10.6 Å². The molecule has 0 saturated carbocycles. The number of imide groups is 1. The lowest BCUT2D eigenvalue weighted by Crippen LogP contribution is -2.50. The van der Waals surface area contributed by atoms with Crippen molar-refractivity contribution in [1.82, 2.24) is 10.6 Å². The molecule has 0 radical (unpaired) electrons. The van der Waals surface area contributed by atoms with Gasteiger partial charge in [0.05, 0.1) is 19.8 Å². The highest BCUT2D eigenvalue weighted by Gasteiger charge is 2.25. The van der Waals surface area contributed by atoms with Crippen LogP contribution in [0.15, 0.2) is 18.2 Å². The zero-order valence-electron chi connectivity index (χ0n) is 12.3. The number of methoxy groups -OCH3 is 1. The van der Waals surface area contributed by atoms with Gasteiger partial charge >= 0.3 is 0 Å². The highest BCUT2D eigenvalue weighted by molar-refractivity contribution is 6.00. The van der Waals surface area contributed by atoms with E-state index in [1.165, 1.54) is 0 Å². The van der Waals surface area contributed by atoms with Gasteiger partial charge in [0, 0.05) is 13.0 Å². The standard InChI is InChI=1S/C15H20N2O4/c1-3-21-12-6-4-10(8-13(12)20-2)9-16-11-5-7-14(18)17-15(11)19/h4,6,8,11,16H,3,5,7,9H2,1-2H3,(H,17,18,19). The minimum Gasteiger partial charge on any atom is -0.493 e. The Kier molecular flexibility index (Phi) is 5.16. The van der Waals surface area contributed by atoms with Crippen LogP contribution in [0, 0.1) is 0 Å². The quantitative estimate of drug-likeness (QED) is 0.765. The molecule has 2 rings (SSSR count). The summed E-state index contributed by atoms with van der Waals surface area (Å²) in [6.45, 7) is 3.01. The molecule has 114 valence electrons. The Bertz CT molecular complexity index is 530. The van der Waals surface area contributed by atoms with Gasteiger partial charge in [0.15, 0.2) is 11.5 Å².